The molecule has 4 fully saturated rings. The summed E-state index contributed by atoms with van der Waals surface area (Å²) in [5.74, 6) is -1.38. The SMILES string of the molecule is Cc1cc(OC(=O)[C@@H]2CC(=O)N(c3ccccc3)C2)ccc1N1C(=O)[C@@H]2[C@H]3C[C@@H]([C@H](Br)[C@@H]3Br)[C@@H]2C1=O. The van der Waals surface area contributed by atoms with Crippen molar-refractivity contribution in [2.75, 3.05) is 16.3 Å². The van der Waals surface area contributed by atoms with Gasteiger partial charge < -0.3 is 9.64 Å². The zero-order chi connectivity index (χ0) is 25.3. The molecule has 2 bridgehead atoms. The van der Waals surface area contributed by atoms with Crippen molar-refractivity contribution in [1.82, 2.24) is 0 Å². The van der Waals surface area contributed by atoms with Gasteiger partial charge in [0.05, 0.1) is 23.4 Å². The molecule has 0 N–H and O–H groups in total. The number of ether oxygens (including phenoxy) is 1. The fourth-order valence-electron chi connectivity index (χ4n) is 6.45. The van der Waals surface area contributed by atoms with E-state index < -0.39 is 11.9 Å². The number of hydrogen-bond donors (Lipinski definition) is 0. The van der Waals surface area contributed by atoms with E-state index in [1.54, 1.807) is 30.0 Å². The molecule has 2 saturated carbocycles. The summed E-state index contributed by atoms with van der Waals surface area (Å²) in [5, 5.41) is 0. The van der Waals surface area contributed by atoms with Gasteiger partial charge in [-0.2, -0.15) is 0 Å². The molecule has 2 heterocycles. The molecule has 7 nitrogen and oxygen atoms in total. The maximum atomic E-state index is 13.4. The molecule has 2 aromatic rings. The highest BCUT2D eigenvalue weighted by atomic mass is 79.9. The Kier molecular flexibility index (Phi) is 5.83. The summed E-state index contributed by atoms with van der Waals surface area (Å²) in [6, 6.07) is 14.2. The fraction of sp³-hybridized carbons (Fsp3) is 0.407. The van der Waals surface area contributed by atoms with Crippen LogP contribution >= 0.6 is 31.9 Å². The molecule has 9 heteroatoms. The molecule has 6 rings (SSSR count). The minimum absolute atomic E-state index is 0.0931. The number of imide groups is 1. The molecule has 0 radical (unpaired) electrons. The number of para-hydroxylation sites is 1. The molecule has 36 heavy (non-hydrogen) atoms. The normalized spacial score (nSPS) is 33.0. The number of halogens is 2. The highest BCUT2D eigenvalue weighted by molar-refractivity contribution is 9.12. The Labute approximate surface area is 225 Å². The van der Waals surface area contributed by atoms with E-state index in [0.29, 0.717) is 17.0 Å². The summed E-state index contributed by atoms with van der Waals surface area (Å²) in [6.45, 7) is 2.07. The van der Waals surface area contributed by atoms with Crippen molar-refractivity contribution in [3.05, 3.63) is 54.1 Å². The van der Waals surface area contributed by atoms with Crippen LogP contribution in [-0.2, 0) is 19.2 Å². The van der Waals surface area contributed by atoms with Gasteiger partial charge in [0.25, 0.3) is 0 Å². The minimum atomic E-state index is -0.566. The zero-order valence-electron chi connectivity index (χ0n) is 19.5. The van der Waals surface area contributed by atoms with Crippen LogP contribution in [0.15, 0.2) is 48.5 Å². The number of esters is 1. The Morgan fingerprint density at radius 2 is 1.58 bits per heavy atom. The van der Waals surface area contributed by atoms with Crippen molar-refractivity contribution < 1.29 is 23.9 Å². The molecule has 2 aromatic carbocycles. The van der Waals surface area contributed by atoms with Crippen molar-refractivity contribution >= 4 is 66.9 Å². The average molecular weight is 616 g/mol. The number of benzene rings is 2. The van der Waals surface area contributed by atoms with Gasteiger partial charge in [0.1, 0.15) is 5.75 Å². The van der Waals surface area contributed by atoms with E-state index in [2.05, 4.69) is 31.9 Å². The van der Waals surface area contributed by atoms with E-state index in [1.807, 2.05) is 30.3 Å². The second-order valence-electron chi connectivity index (χ2n) is 10.1. The lowest BCUT2D eigenvalue weighted by atomic mass is 9.81. The summed E-state index contributed by atoms with van der Waals surface area (Å²) < 4.78 is 5.61. The Bertz CT molecular complexity index is 1250. The van der Waals surface area contributed by atoms with Crippen molar-refractivity contribution in [3.63, 3.8) is 0 Å². The third-order valence-electron chi connectivity index (χ3n) is 8.14. The number of rotatable bonds is 4. The van der Waals surface area contributed by atoms with Gasteiger partial charge in [-0.1, -0.05) is 50.1 Å². The van der Waals surface area contributed by atoms with Gasteiger partial charge >= 0.3 is 5.97 Å². The first kappa shape index (κ1) is 23.9. The summed E-state index contributed by atoms with van der Waals surface area (Å²) >= 11 is 7.43. The van der Waals surface area contributed by atoms with E-state index in [9.17, 15) is 19.2 Å². The lowest BCUT2D eigenvalue weighted by Crippen LogP contribution is -2.37. The van der Waals surface area contributed by atoms with Crippen LogP contribution in [0.5, 0.6) is 5.75 Å². The van der Waals surface area contributed by atoms with Crippen molar-refractivity contribution in [3.8, 4) is 5.75 Å². The number of carbonyl (C=O) groups is 4. The minimum Gasteiger partial charge on any atom is -0.426 e. The van der Waals surface area contributed by atoms with E-state index >= 15 is 0 Å². The van der Waals surface area contributed by atoms with Gasteiger partial charge in [0.15, 0.2) is 0 Å². The summed E-state index contributed by atoms with van der Waals surface area (Å²) in [5.41, 5.74) is 1.96. The van der Waals surface area contributed by atoms with E-state index in [0.717, 1.165) is 12.1 Å². The second-order valence-corrected chi connectivity index (χ2v) is 12.2. The smallest absolute Gasteiger partial charge is 0.316 e. The number of carbonyl (C=O) groups excluding carboxylic acids is 4. The van der Waals surface area contributed by atoms with Crippen LogP contribution in [0.1, 0.15) is 18.4 Å². The molecule has 0 aromatic heterocycles. The Hall–Kier alpha value is -2.52. The topological polar surface area (TPSA) is 84.0 Å². The van der Waals surface area contributed by atoms with Crippen molar-refractivity contribution in [2.45, 2.75) is 29.4 Å². The predicted molar refractivity (Wildman–Crippen MR) is 140 cm³/mol. The first-order valence-corrected chi connectivity index (χ1v) is 13.9. The van der Waals surface area contributed by atoms with E-state index in [4.69, 9.17) is 4.74 Å². The van der Waals surface area contributed by atoms with Crippen LogP contribution in [0.4, 0.5) is 11.4 Å². The first-order chi connectivity index (χ1) is 17.3. The van der Waals surface area contributed by atoms with Gasteiger partial charge in [0, 0.05) is 28.3 Å². The maximum Gasteiger partial charge on any atom is 0.316 e. The monoisotopic (exact) mass is 614 g/mol. The van der Waals surface area contributed by atoms with Gasteiger partial charge in [-0.25, -0.2) is 4.90 Å². The lowest BCUT2D eigenvalue weighted by Gasteiger charge is -2.28. The van der Waals surface area contributed by atoms with Gasteiger partial charge in [-0.05, 0) is 61.1 Å². The number of anilines is 2. The van der Waals surface area contributed by atoms with Crippen LogP contribution in [0.25, 0.3) is 0 Å². The quantitative estimate of drug-likeness (QED) is 0.222. The molecule has 0 unspecified atom stereocenters. The third kappa shape index (κ3) is 3.57. The van der Waals surface area contributed by atoms with Crippen LogP contribution in [0.2, 0.25) is 0 Å². The molecule has 0 spiro atoms. The molecule has 186 valence electrons. The largest absolute Gasteiger partial charge is 0.426 e. The molecule has 2 aliphatic carbocycles. The Balaban J connectivity index is 1.17. The van der Waals surface area contributed by atoms with Gasteiger partial charge in [-0.15, -0.1) is 0 Å². The van der Waals surface area contributed by atoms with Crippen LogP contribution < -0.4 is 14.5 Å². The fourth-order valence-corrected chi connectivity index (χ4v) is 8.32. The average Bonchev–Trinajstić information content (AvgIpc) is 3.58. The molecular formula is C27H24Br2N2O5. The molecule has 4 aliphatic rings. The van der Waals surface area contributed by atoms with Crippen LogP contribution in [0, 0.1) is 36.5 Å². The molecule has 2 aliphatic heterocycles. The lowest BCUT2D eigenvalue weighted by molar-refractivity contribution is -0.139. The number of hydrogen-bond acceptors (Lipinski definition) is 5. The highest BCUT2D eigenvalue weighted by Crippen LogP contribution is 2.60. The van der Waals surface area contributed by atoms with Crippen LogP contribution in [0.3, 0.4) is 0 Å². The van der Waals surface area contributed by atoms with Crippen molar-refractivity contribution in [1.29, 1.82) is 0 Å². The summed E-state index contributed by atoms with van der Waals surface area (Å²) in [7, 11) is 0. The van der Waals surface area contributed by atoms with Crippen molar-refractivity contribution in [2.24, 2.45) is 29.6 Å². The molecule has 7 atom stereocenters. The van der Waals surface area contributed by atoms with E-state index in [1.165, 1.54) is 4.90 Å². The molecule has 2 saturated heterocycles. The highest BCUT2D eigenvalue weighted by Gasteiger charge is 2.66. The first-order valence-electron chi connectivity index (χ1n) is 12.1. The maximum absolute atomic E-state index is 13.4. The number of fused-ring (bicyclic) bond motifs is 5. The van der Waals surface area contributed by atoms with Gasteiger partial charge in [0.2, 0.25) is 17.7 Å². The van der Waals surface area contributed by atoms with Gasteiger partial charge in [-0.3, -0.25) is 19.2 Å². The Morgan fingerprint density at radius 1 is 0.944 bits per heavy atom. The number of alkyl halides is 2. The number of aryl methyl sites for hydroxylation is 1. The summed E-state index contributed by atoms with van der Waals surface area (Å²) in [6.07, 6.45) is 0.974. The van der Waals surface area contributed by atoms with Crippen LogP contribution in [-0.4, -0.2) is 39.9 Å². The predicted octanol–water partition coefficient (Wildman–Crippen LogP) is 4.24. The summed E-state index contributed by atoms with van der Waals surface area (Å²) in [4.78, 5) is 55.3. The number of amides is 3. The zero-order valence-corrected chi connectivity index (χ0v) is 22.6. The Morgan fingerprint density at radius 3 is 2.19 bits per heavy atom. The third-order valence-corrected chi connectivity index (χ3v) is 11.3. The second kappa shape index (κ2) is 8.80. The molecule has 3 amide bonds. The molecular weight excluding hydrogens is 592 g/mol. The number of nitrogens with zero attached hydrogens (tertiary/aromatic N) is 2. The standard InChI is InChI=1S/C27H24Br2N2O5/c1-13-9-16(36-27(35)14-10-20(32)30(12-14)15-5-3-2-4-6-15)7-8-19(13)31-25(33)21-17-11-18(22(21)26(31)34)24(29)23(17)28/h2-9,14,17-18,21-24H,10-12H2,1H3/t14-,17-,18-,21-,22+,23-,24+/m1/s1. The van der Waals surface area contributed by atoms with E-state index in [-0.39, 0.29) is 64.0 Å².